The molecule has 2 aliphatic carbocycles. The lowest BCUT2D eigenvalue weighted by atomic mass is 9.92. The van der Waals surface area contributed by atoms with E-state index in [0.29, 0.717) is 0 Å². The number of nitrogens with zero attached hydrogens (tertiary/aromatic N) is 1. The minimum absolute atomic E-state index is 0.388. The fraction of sp³-hybridized carbons (Fsp3) is 0.714. The predicted octanol–water partition coefficient (Wildman–Crippen LogP) is 6.74. The van der Waals surface area contributed by atoms with Gasteiger partial charge in [-0.1, -0.05) is 45.4 Å². The Balaban J connectivity index is 1.93. The summed E-state index contributed by atoms with van der Waals surface area (Å²) in [6, 6.07) is 0. The van der Waals surface area contributed by atoms with Crippen LogP contribution in [0.4, 0.5) is 0 Å². The van der Waals surface area contributed by atoms with Crippen molar-refractivity contribution in [1.29, 1.82) is 0 Å². The molecule has 3 rings (SSSR count). The molecule has 1 aromatic heterocycles. The van der Waals surface area contributed by atoms with Crippen molar-refractivity contribution < 1.29 is 3.79 Å². The summed E-state index contributed by atoms with van der Waals surface area (Å²) in [6.45, 7) is 2.17. The molecular weight excluding hydrogens is 412 g/mol. The third-order valence-corrected chi connectivity index (χ3v) is 8.43. The van der Waals surface area contributed by atoms with Crippen LogP contribution in [0.5, 0.6) is 0 Å². The summed E-state index contributed by atoms with van der Waals surface area (Å²) in [5.41, 5.74) is 5.99. The van der Waals surface area contributed by atoms with Crippen LogP contribution in [0.15, 0.2) is 6.08 Å². The first kappa shape index (κ1) is 22.1. The van der Waals surface area contributed by atoms with Gasteiger partial charge in [-0.2, -0.15) is 20.1 Å². The molecule has 2 aliphatic rings. The zero-order chi connectivity index (χ0) is 19.3. The molecule has 0 aliphatic heterocycles. The summed E-state index contributed by atoms with van der Waals surface area (Å²) in [7, 11) is 14.6. The summed E-state index contributed by atoms with van der Waals surface area (Å²) in [5, 5.41) is 0. The largest absolute Gasteiger partial charge is 0.726 e. The number of rotatable bonds is 4. The van der Waals surface area contributed by atoms with Crippen LogP contribution in [0.25, 0.3) is 6.08 Å². The Bertz CT molecular complexity index is 661. The highest BCUT2D eigenvalue weighted by Crippen LogP contribution is 2.42. The quantitative estimate of drug-likeness (QED) is 0.377. The highest BCUT2D eigenvalue weighted by Gasteiger charge is 2.38. The van der Waals surface area contributed by atoms with Gasteiger partial charge in [-0.3, -0.25) is 0 Å². The molecule has 0 N–H and O–H groups in total. The number of hydrogen-bond donors (Lipinski definition) is 0. The van der Waals surface area contributed by atoms with Gasteiger partial charge in [-0.15, -0.1) is 11.8 Å². The SMILES string of the molecule is CCSC1([O][Al]([Cl])[Cl])C=Cc2c(c3c(n2C)CCCCCCCCCC3)C1. The summed E-state index contributed by atoms with van der Waals surface area (Å²) >= 11 is -0.333. The van der Waals surface area contributed by atoms with E-state index < -0.39 is 12.6 Å². The van der Waals surface area contributed by atoms with Crippen LogP contribution in [0, 0.1) is 0 Å². The van der Waals surface area contributed by atoms with Gasteiger partial charge >= 0.3 is 12.6 Å². The normalized spacial score (nSPS) is 23.9. The van der Waals surface area contributed by atoms with Crippen molar-refractivity contribution in [2.45, 2.75) is 82.5 Å². The minimum atomic E-state index is -2.15. The third-order valence-electron chi connectivity index (χ3n) is 5.97. The molecule has 0 fully saturated rings. The van der Waals surface area contributed by atoms with Gasteiger partial charge in [0.2, 0.25) is 0 Å². The van der Waals surface area contributed by atoms with Crippen molar-refractivity contribution >= 4 is 50.6 Å². The molecule has 0 radical (unpaired) electrons. The molecule has 1 heterocycles. The molecule has 6 heteroatoms. The van der Waals surface area contributed by atoms with Crippen LogP contribution >= 0.6 is 31.9 Å². The molecule has 0 saturated heterocycles. The molecule has 0 bridgehead atoms. The molecule has 0 spiro atoms. The van der Waals surface area contributed by atoms with E-state index in [9.17, 15) is 0 Å². The first-order valence-electron chi connectivity index (χ1n) is 10.5. The lowest BCUT2D eigenvalue weighted by molar-refractivity contribution is 0.229. The Morgan fingerprint density at radius 3 is 2.30 bits per heavy atom. The lowest BCUT2D eigenvalue weighted by Gasteiger charge is -2.34. The van der Waals surface area contributed by atoms with E-state index in [0.717, 1.165) is 12.2 Å². The van der Waals surface area contributed by atoms with Crippen LogP contribution < -0.4 is 0 Å². The average molecular weight is 444 g/mol. The van der Waals surface area contributed by atoms with Crippen LogP contribution in [0.1, 0.15) is 80.8 Å². The lowest BCUT2D eigenvalue weighted by Crippen LogP contribution is -2.34. The Kier molecular flexibility index (Phi) is 8.58. The minimum Gasteiger partial charge on any atom is -0.461 e. The van der Waals surface area contributed by atoms with Crippen molar-refractivity contribution in [3.8, 4) is 0 Å². The number of aromatic nitrogens is 1. The molecule has 1 aromatic rings. The Labute approximate surface area is 182 Å². The van der Waals surface area contributed by atoms with Crippen molar-refractivity contribution in [2.75, 3.05) is 5.75 Å². The number of fused-ring (bicyclic) bond motifs is 3. The first-order chi connectivity index (χ1) is 13.1. The fourth-order valence-electron chi connectivity index (χ4n) is 4.68. The van der Waals surface area contributed by atoms with Gasteiger partial charge in [0, 0.05) is 24.9 Å². The highest BCUT2D eigenvalue weighted by atomic mass is 35.7. The second-order valence-electron chi connectivity index (χ2n) is 7.81. The number of thioether (sulfide) groups is 1. The van der Waals surface area contributed by atoms with E-state index in [-0.39, 0.29) is 4.93 Å². The Morgan fingerprint density at radius 2 is 1.67 bits per heavy atom. The van der Waals surface area contributed by atoms with Crippen LogP contribution in [0.3, 0.4) is 0 Å². The maximum Gasteiger partial charge on any atom is 0.726 e. The summed E-state index contributed by atoms with van der Waals surface area (Å²) in [6.07, 6.45) is 18.6. The molecule has 1 unspecified atom stereocenters. The van der Waals surface area contributed by atoms with Gasteiger partial charge in [-0.05, 0) is 54.7 Å². The van der Waals surface area contributed by atoms with Crippen LogP contribution in [-0.2, 0) is 30.1 Å². The predicted molar refractivity (Wildman–Crippen MR) is 122 cm³/mol. The summed E-state index contributed by atoms with van der Waals surface area (Å²) in [4.78, 5) is -0.388. The van der Waals surface area contributed by atoms with Crippen molar-refractivity contribution in [3.63, 3.8) is 0 Å². The average Bonchev–Trinajstić information content (AvgIpc) is 2.85. The standard InChI is InChI=1S/C21H32NOS.Al.2ClH/c1-3-24-21(23)15-14-20-18(16-21)17-12-10-8-6-4-5-7-9-11-13-19(17)22(20)2;;;/h14-15H,3-13,16H2,1-2H3;;2*1H/q-1;+3;;/p-2. The molecule has 150 valence electrons. The smallest absolute Gasteiger partial charge is 0.461 e. The van der Waals surface area contributed by atoms with Gasteiger partial charge in [0.25, 0.3) is 0 Å². The fourth-order valence-corrected chi connectivity index (χ4v) is 7.87. The van der Waals surface area contributed by atoms with Gasteiger partial charge in [0.15, 0.2) is 0 Å². The van der Waals surface area contributed by atoms with Crippen LogP contribution in [0.2, 0.25) is 0 Å². The zero-order valence-electron chi connectivity index (χ0n) is 16.7. The molecule has 2 nitrogen and oxygen atoms in total. The zero-order valence-corrected chi connectivity index (χ0v) is 20.2. The first-order valence-corrected chi connectivity index (χ1v) is 15.5. The van der Waals surface area contributed by atoms with Gasteiger partial charge in [0.1, 0.15) is 4.93 Å². The van der Waals surface area contributed by atoms with Crippen molar-refractivity contribution in [1.82, 2.24) is 4.57 Å². The van der Waals surface area contributed by atoms with Crippen molar-refractivity contribution in [2.24, 2.45) is 7.05 Å². The summed E-state index contributed by atoms with van der Waals surface area (Å²) in [5.74, 6) is 0.990. The van der Waals surface area contributed by atoms with E-state index in [4.69, 9.17) is 23.9 Å². The maximum atomic E-state index is 6.16. The molecule has 27 heavy (non-hydrogen) atoms. The molecular formula is C21H32AlCl2NOS. The van der Waals surface area contributed by atoms with E-state index in [2.05, 4.69) is 30.7 Å². The molecule has 0 aromatic carbocycles. The van der Waals surface area contributed by atoms with Crippen molar-refractivity contribution in [3.05, 3.63) is 28.6 Å². The molecule has 1 atom stereocenters. The van der Waals surface area contributed by atoms with E-state index >= 15 is 0 Å². The summed E-state index contributed by atoms with van der Waals surface area (Å²) < 4.78 is 8.60. The monoisotopic (exact) mass is 443 g/mol. The van der Waals surface area contributed by atoms with E-state index in [1.54, 1.807) is 11.3 Å². The Morgan fingerprint density at radius 1 is 1.04 bits per heavy atom. The maximum absolute atomic E-state index is 6.16. The number of hydrogen-bond acceptors (Lipinski definition) is 2. The molecule has 0 saturated carbocycles. The van der Waals surface area contributed by atoms with E-state index in [1.807, 2.05) is 11.8 Å². The second kappa shape index (κ2) is 10.5. The van der Waals surface area contributed by atoms with E-state index in [1.165, 1.54) is 75.5 Å². The highest BCUT2D eigenvalue weighted by molar-refractivity contribution is 8.00. The van der Waals surface area contributed by atoms with Gasteiger partial charge < -0.3 is 8.36 Å². The second-order valence-corrected chi connectivity index (χ2v) is 13.2. The molecule has 0 amide bonds. The van der Waals surface area contributed by atoms with Gasteiger partial charge in [-0.25, -0.2) is 0 Å². The van der Waals surface area contributed by atoms with Gasteiger partial charge in [0.05, 0.1) is 0 Å². The number of halogens is 2. The topological polar surface area (TPSA) is 14.2 Å². The Hall–Kier alpha value is 0.442. The third kappa shape index (κ3) is 5.53. The van der Waals surface area contributed by atoms with Crippen LogP contribution in [-0.4, -0.2) is 27.9 Å².